The predicted molar refractivity (Wildman–Crippen MR) is 170 cm³/mol. The Bertz CT molecular complexity index is 1880. The van der Waals surface area contributed by atoms with E-state index in [1.54, 1.807) is 0 Å². The number of tetrazole rings is 1. The van der Waals surface area contributed by atoms with Gasteiger partial charge in [-0.2, -0.15) is 5.21 Å². The number of H-pyrrole nitrogens is 1. The first-order valence-electron chi connectivity index (χ1n) is 15.2. The van der Waals surface area contributed by atoms with Crippen molar-refractivity contribution in [3.63, 3.8) is 0 Å². The predicted octanol–water partition coefficient (Wildman–Crippen LogP) is 4.28. The second-order valence-electron chi connectivity index (χ2n) is 11.6. The molecule has 2 atom stereocenters. The molecule has 1 saturated heterocycles. The summed E-state index contributed by atoms with van der Waals surface area (Å²) in [7, 11) is 0. The largest absolute Gasteiger partial charge is 0.465 e. The summed E-state index contributed by atoms with van der Waals surface area (Å²) in [6, 6.07) is 12.8. The van der Waals surface area contributed by atoms with Gasteiger partial charge in [-0.1, -0.05) is 28.9 Å². The highest BCUT2D eigenvalue weighted by molar-refractivity contribution is 6.31. The Morgan fingerprint density at radius 1 is 1.10 bits per heavy atom. The van der Waals surface area contributed by atoms with E-state index in [0.29, 0.717) is 17.8 Å². The second kappa shape index (κ2) is 13.8. The quantitative estimate of drug-likeness (QED) is 0.199. The second-order valence-corrected chi connectivity index (χ2v) is 12.0. The Hall–Kier alpha value is -5.64. The molecule has 0 unspecified atom stereocenters. The van der Waals surface area contributed by atoms with Crippen molar-refractivity contribution in [2.75, 3.05) is 29.9 Å². The van der Waals surface area contributed by atoms with E-state index in [4.69, 9.17) is 16.3 Å². The molecule has 17 heteroatoms. The molecule has 2 aliphatic rings. The zero-order valence-corrected chi connectivity index (χ0v) is 26.4. The highest BCUT2D eigenvalue weighted by Gasteiger charge is 2.49. The number of piperidine rings is 1. The third kappa shape index (κ3) is 7.13. The zero-order chi connectivity index (χ0) is 34.7. The first-order valence-corrected chi connectivity index (χ1v) is 15.6. The summed E-state index contributed by atoms with van der Waals surface area (Å²) in [5.74, 6) is -2.10. The number of likely N-dealkylation sites (tertiary alicyclic amines) is 1. The van der Waals surface area contributed by atoms with Crippen LogP contribution in [0.25, 0.3) is 0 Å². The third-order valence-corrected chi connectivity index (χ3v) is 8.71. The summed E-state index contributed by atoms with van der Waals surface area (Å²) >= 11 is 6.09. The van der Waals surface area contributed by atoms with Crippen molar-refractivity contribution in [3.8, 4) is 0 Å². The number of carboxylic acid groups (broad SMARTS) is 1. The van der Waals surface area contributed by atoms with E-state index in [2.05, 4.69) is 31.3 Å². The van der Waals surface area contributed by atoms with Crippen LogP contribution in [0.5, 0.6) is 0 Å². The normalized spacial score (nSPS) is 17.4. The fourth-order valence-corrected chi connectivity index (χ4v) is 6.27. The molecule has 1 spiro atoms. The summed E-state index contributed by atoms with van der Waals surface area (Å²) in [5.41, 5.74) is -0.336. The Labute approximate surface area is 282 Å². The Balaban J connectivity index is 1.23. The molecule has 4 aromatic rings. The van der Waals surface area contributed by atoms with Gasteiger partial charge in [0.15, 0.2) is 17.2 Å². The monoisotopic (exact) mass is 694 g/mol. The number of ether oxygens (including phenoxy) is 1. The number of halogens is 3. The molecule has 14 nitrogen and oxygen atoms in total. The maximum absolute atomic E-state index is 15.4. The van der Waals surface area contributed by atoms with Crippen LogP contribution in [0.1, 0.15) is 40.2 Å². The van der Waals surface area contributed by atoms with E-state index >= 15 is 4.39 Å². The molecule has 3 aromatic carbocycles. The maximum atomic E-state index is 15.4. The number of nitrogens with one attached hydrogen (secondary N) is 3. The van der Waals surface area contributed by atoms with Gasteiger partial charge in [0, 0.05) is 37.2 Å². The van der Waals surface area contributed by atoms with Crippen LogP contribution in [0, 0.1) is 11.6 Å². The maximum Gasteiger partial charge on any atom is 0.412 e. The fraction of sp³-hybridized carbons (Fsp3) is 0.281. The zero-order valence-electron chi connectivity index (χ0n) is 25.7. The van der Waals surface area contributed by atoms with Gasteiger partial charge < -0.3 is 20.1 Å². The van der Waals surface area contributed by atoms with E-state index in [9.17, 15) is 28.7 Å². The minimum atomic E-state index is -1.53. The number of anilines is 2. The van der Waals surface area contributed by atoms with Crippen molar-refractivity contribution in [1.29, 1.82) is 0 Å². The topological polar surface area (TPSA) is 183 Å². The minimum absolute atomic E-state index is 0.0204. The molecule has 6 rings (SSSR count). The molecular weight excluding hydrogens is 666 g/mol. The van der Waals surface area contributed by atoms with Crippen LogP contribution in [0.15, 0.2) is 60.7 Å². The first-order chi connectivity index (χ1) is 23.5. The molecule has 4 N–H and O–H groups in total. The molecule has 3 heterocycles. The molecule has 49 heavy (non-hydrogen) atoms. The molecule has 4 amide bonds. The number of hydrogen-bond acceptors (Lipinski definition) is 8. The third-order valence-electron chi connectivity index (χ3n) is 8.42. The van der Waals surface area contributed by atoms with Gasteiger partial charge in [0.05, 0.1) is 22.8 Å². The summed E-state index contributed by atoms with van der Waals surface area (Å²) in [4.78, 5) is 54.6. The first kappa shape index (κ1) is 33.3. The average molecular weight is 695 g/mol. The van der Waals surface area contributed by atoms with Crippen molar-refractivity contribution < 1.29 is 37.8 Å². The van der Waals surface area contributed by atoms with E-state index in [-0.39, 0.29) is 66.4 Å². The lowest BCUT2D eigenvalue weighted by molar-refractivity contribution is -0.141. The van der Waals surface area contributed by atoms with E-state index < -0.39 is 47.3 Å². The smallest absolute Gasteiger partial charge is 0.412 e. The van der Waals surface area contributed by atoms with Crippen LogP contribution in [-0.4, -0.2) is 80.3 Å². The number of carbonyl (C=O) groups is 4. The number of fused-ring (bicyclic) bond motifs is 2. The van der Waals surface area contributed by atoms with E-state index in [0.717, 1.165) is 4.90 Å². The molecule has 0 aliphatic carbocycles. The highest BCUT2D eigenvalue weighted by atomic mass is 35.5. The van der Waals surface area contributed by atoms with Crippen molar-refractivity contribution in [2.45, 2.75) is 37.3 Å². The molecule has 0 saturated carbocycles. The van der Waals surface area contributed by atoms with Crippen LogP contribution < -0.4 is 15.5 Å². The summed E-state index contributed by atoms with van der Waals surface area (Å²) in [5, 5.41) is 28.2. The molecular formula is C32H29ClF2N8O6. The van der Waals surface area contributed by atoms with Crippen molar-refractivity contribution in [1.82, 2.24) is 30.8 Å². The van der Waals surface area contributed by atoms with Gasteiger partial charge in [0.1, 0.15) is 11.9 Å². The van der Waals surface area contributed by atoms with Gasteiger partial charge in [-0.25, -0.2) is 18.4 Å². The number of nitrogens with zero attached hydrogens (tertiary/aromatic N) is 5. The number of carbonyl (C=O) groups excluding carboxylic acids is 3. The Kier molecular flexibility index (Phi) is 9.40. The lowest BCUT2D eigenvalue weighted by Crippen LogP contribution is -2.57. The summed E-state index contributed by atoms with van der Waals surface area (Å²) in [6.07, 6.45) is -1.30. The SMILES string of the molecule is O=C1Nc2ccc(Cl)c(F)c2[C@@]2(CCCN(C(=O)[C@H](Cc3ccc(F)cc3)NC(=O)c3ccc(N(CCc4nn[nH]n4)C(=O)O)cc3)C2)O1. The van der Waals surface area contributed by atoms with Crippen LogP contribution in [0.4, 0.5) is 29.7 Å². The van der Waals surface area contributed by atoms with Gasteiger partial charge >= 0.3 is 12.2 Å². The fourth-order valence-electron chi connectivity index (χ4n) is 6.11. The Morgan fingerprint density at radius 2 is 1.86 bits per heavy atom. The molecule has 1 fully saturated rings. The van der Waals surface area contributed by atoms with Gasteiger partial charge in [-0.3, -0.25) is 19.8 Å². The van der Waals surface area contributed by atoms with Crippen LogP contribution in [0.3, 0.4) is 0 Å². The highest BCUT2D eigenvalue weighted by Crippen LogP contribution is 2.45. The standard InChI is InChI=1S/C32H29ClF2N8O6/c33-22-10-11-23-26(27(22)35)32(49-30(46)37-23)13-1-14-42(17-32)29(45)24(16-18-2-6-20(34)7-3-18)36-28(44)19-4-8-21(9-5-19)43(31(47)48)15-12-25-38-40-41-39-25/h2-11,24H,1,12-17H2,(H,36,44)(H,37,46)(H,47,48)(H,38,39,40,41)/t24-,32-/m0/s1. The lowest BCUT2D eigenvalue weighted by Gasteiger charge is -2.45. The van der Waals surface area contributed by atoms with Crippen molar-refractivity contribution in [2.24, 2.45) is 0 Å². The Morgan fingerprint density at radius 3 is 2.55 bits per heavy atom. The van der Waals surface area contributed by atoms with Gasteiger partial charge in [0.2, 0.25) is 5.91 Å². The molecule has 2 aliphatic heterocycles. The van der Waals surface area contributed by atoms with Crippen LogP contribution in [-0.2, 0) is 28.0 Å². The van der Waals surface area contributed by atoms with Gasteiger partial charge in [0.25, 0.3) is 5.91 Å². The summed E-state index contributed by atoms with van der Waals surface area (Å²) < 4.78 is 34.8. The van der Waals surface area contributed by atoms with Gasteiger partial charge in [-0.15, -0.1) is 10.2 Å². The average Bonchev–Trinajstić information content (AvgIpc) is 3.60. The number of aromatic nitrogens is 4. The molecule has 0 radical (unpaired) electrons. The number of rotatable bonds is 9. The minimum Gasteiger partial charge on any atom is -0.465 e. The van der Waals surface area contributed by atoms with Crippen LogP contribution in [0.2, 0.25) is 5.02 Å². The van der Waals surface area contributed by atoms with Crippen LogP contribution >= 0.6 is 11.6 Å². The van der Waals surface area contributed by atoms with E-state index in [1.807, 2.05) is 0 Å². The number of aromatic amines is 1. The van der Waals surface area contributed by atoms with Crippen molar-refractivity contribution in [3.05, 3.63) is 99.8 Å². The van der Waals surface area contributed by atoms with Gasteiger partial charge in [-0.05, 0) is 66.9 Å². The molecule has 0 bridgehead atoms. The van der Waals surface area contributed by atoms with E-state index in [1.165, 1.54) is 65.6 Å². The molecule has 1 aromatic heterocycles. The lowest BCUT2D eigenvalue weighted by atomic mass is 9.82. The number of benzene rings is 3. The number of hydrogen-bond donors (Lipinski definition) is 4. The molecule has 254 valence electrons. The van der Waals surface area contributed by atoms with Crippen molar-refractivity contribution >= 4 is 47.0 Å². The number of amides is 4. The summed E-state index contributed by atoms with van der Waals surface area (Å²) in [6.45, 7) is 0.0449.